The van der Waals surface area contributed by atoms with Gasteiger partial charge in [-0.15, -0.1) is 0 Å². The summed E-state index contributed by atoms with van der Waals surface area (Å²) < 4.78 is 17.3. The molecule has 0 saturated carbocycles. The first-order valence-corrected chi connectivity index (χ1v) is 9.45. The summed E-state index contributed by atoms with van der Waals surface area (Å²) in [5.41, 5.74) is 1.94. The van der Waals surface area contributed by atoms with Gasteiger partial charge in [-0.2, -0.15) is 0 Å². The van der Waals surface area contributed by atoms with Crippen LogP contribution in [0.4, 0.5) is 0 Å². The lowest BCUT2D eigenvalue weighted by atomic mass is 9.90. The predicted molar refractivity (Wildman–Crippen MR) is 111 cm³/mol. The molecular weight excluding hydrogens is 352 g/mol. The Kier molecular flexibility index (Phi) is 5.88. The second-order valence-corrected chi connectivity index (χ2v) is 7.49. The number of furan rings is 1. The van der Waals surface area contributed by atoms with Crippen LogP contribution in [0.15, 0.2) is 71.2 Å². The quantitative estimate of drug-likeness (QED) is 0.355. The van der Waals surface area contributed by atoms with E-state index >= 15 is 0 Å². The molecule has 4 nitrogen and oxygen atoms in total. The summed E-state index contributed by atoms with van der Waals surface area (Å²) in [6, 6.07) is 17.9. The lowest BCUT2D eigenvalue weighted by molar-refractivity contribution is -0.143. The van der Waals surface area contributed by atoms with Crippen LogP contribution >= 0.6 is 0 Å². The van der Waals surface area contributed by atoms with Gasteiger partial charge in [0.1, 0.15) is 23.7 Å². The van der Waals surface area contributed by atoms with Gasteiger partial charge in [0.15, 0.2) is 0 Å². The highest BCUT2D eigenvalue weighted by Gasteiger charge is 2.26. The van der Waals surface area contributed by atoms with Crippen LogP contribution in [-0.4, -0.2) is 19.2 Å². The molecule has 1 unspecified atom stereocenters. The fraction of sp³-hybridized carbons (Fsp3) is 0.292. The van der Waals surface area contributed by atoms with Crippen molar-refractivity contribution >= 4 is 16.9 Å². The Morgan fingerprint density at radius 3 is 2.54 bits per heavy atom. The third kappa shape index (κ3) is 4.63. The van der Waals surface area contributed by atoms with Crippen LogP contribution < -0.4 is 4.74 Å². The number of hydrogen-bond acceptors (Lipinski definition) is 4. The topological polar surface area (TPSA) is 48.7 Å². The molecule has 1 atom stereocenters. The van der Waals surface area contributed by atoms with Crippen LogP contribution in [0, 0.1) is 5.41 Å². The summed E-state index contributed by atoms with van der Waals surface area (Å²) in [5, 5.41) is 1.03. The Morgan fingerprint density at radius 2 is 1.86 bits per heavy atom. The molecule has 28 heavy (non-hydrogen) atoms. The van der Waals surface area contributed by atoms with Gasteiger partial charge in [-0.05, 0) is 31.5 Å². The lowest BCUT2D eigenvalue weighted by Crippen LogP contribution is -2.31. The number of carbonyl (C=O) groups excluding carboxylic acids is 1. The van der Waals surface area contributed by atoms with Crippen LogP contribution in [0.3, 0.4) is 0 Å². The number of benzene rings is 2. The lowest BCUT2D eigenvalue weighted by Gasteiger charge is -2.27. The van der Waals surface area contributed by atoms with Gasteiger partial charge in [0.25, 0.3) is 0 Å². The van der Waals surface area contributed by atoms with Crippen molar-refractivity contribution in [1.82, 2.24) is 0 Å². The minimum atomic E-state index is -0.370. The highest BCUT2D eigenvalue weighted by Crippen LogP contribution is 2.31. The Morgan fingerprint density at radius 1 is 1.11 bits per heavy atom. The maximum Gasteiger partial charge on any atom is 0.333 e. The van der Waals surface area contributed by atoms with Gasteiger partial charge in [0.05, 0.1) is 6.61 Å². The molecule has 4 heteroatoms. The molecule has 0 radical (unpaired) electrons. The summed E-state index contributed by atoms with van der Waals surface area (Å²) in [6.07, 6.45) is 0.817. The normalized spacial score (nSPS) is 13.1. The van der Waals surface area contributed by atoms with Gasteiger partial charge < -0.3 is 13.9 Å². The highest BCUT2D eigenvalue weighted by atomic mass is 16.5. The Hall–Kier alpha value is -3.01. The van der Waals surface area contributed by atoms with Crippen molar-refractivity contribution in [2.24, 2.45) is 5.41 Å². The summed E-state index contributed by atoms with van der Waals surface area (Å²) >= 11 is 0. The van der Waals surface area contributed by atoms with Crippen molar-refractivity contribution < 1.29 is 18.7 Å². The molecule has 0 saturated heterocycles. The summed E-state index contributed by atoms with van der Waals surface area (Å²) in [4.78, 5) is 11.7. The van der Waals surface area contributed by atoms with Gasteiger partial charge in [-0.25, -0.2) is 4.79 Å². The van der Waals surface area contributed by atoms with E-state index in [1.165, 1.54) is 0 Å². The molecule has 0 aliphatic heterocycles. The van der Waals surface area contributed by atoms with Crippen molar-refractivity contribution in [3.05, 3.63) is 66.7 Å². The standard InChI is InChI=1S/C24H26O4/c1-5-24(4,16-27-23(25)17(2)3)15-26-20-12-11-19-13-21(28-22(19)14-20)18-9-7-6-8-10-18/h6-14H,2,5,15-16H2,1,3-4H3. The summed E-state index contributed by atoms with van der Waals surface area (Å²) in [5.74, 6) is 1.19. The first-order valence-electron chi connectivity index (χ1n) is 9.45. The van der Waals surface area contributed by atoms with Gasteiger partial charge in [0.2, 0.25) is 0 Å². The second kappa shape index (κ2) is 8.34. The number of carbonyl (C=O) groups is 1. The number of ether oxygens (including phenoxy) is 2. The molecule has 1 heterocycles. The summed E-state index contributed by atoms with van der Waals surface area (Å²) in [7, 11) is 0. The van der Waals surface area contributed by atoms with E-state index in [2.05, 4.69) is 13.5 Å². The minimum absolute atomic E-state index is 0.279. The van der Waals surface area contributed by atoms with Gasteiger partial charge in [0, 0.05) is 28.0 Å². The molecule has 1 aromatic heterocycles. The summed E-state index contributed by atoms with van der Waals surface area (Å²) in [6.45, 7) is 10.1. The molecule has 0 spiro atoms. The average molecular weight is 378 g/mol. The van der Waals surface area contributed by atoms with Gasteiger partial charge >= 0.3 is 5.97 Å². The van der Waals surface area contributed by atoms with Crippen LogP contribution in [-0.2, 0) is 9.53 Å². The Balaban J connectivity index is 1.69. The zero-order valence-electron chi connectivity index (χ0n) is 16.7. The SMILES string of the molecule is C=C(C)C(=O)OCC(C)(CC)COc1ccc2cc(-c3ccccc3)oc2c1. The van der Waals surface area contributed by atoms with Crippen LogP contribution in [0.2, 0.25) is 0 Å². The van der Waals surface area contributed by atoms with Crippen molar-refractivity contribution in [1.29, 1.82) is 0 Å². The number of hydrogen-bond donors (Lipinski definition) is 0. The number of esters is 1. The highest BCUT2D eigenvalue weighted by molar-refractivity contribution is 5.87. The van der Waals surface area contributed by atoms with E-state index in [9.17, 15) is 4.79 Å². The second-order valence-electron chi connectivity index (χ2n) is 7.49. The van der Waals surface area contributed by atoms with Crippen molar-refractivity contribution in [3.63, 3.8) is 0 Å². The number of fused-ring (bicyclic) bond motifs is 1. The van der Waals surface area contributed by atoms with Gasteiger partial charge in [-0.3, -0.25) is 0 Å². The maximum absolute atomic E-state index is 11.7. The van der Waals surface area contributed by atoms with E-state index in [-0.39, 0.29) is 18.0 Å². The molecular formula is C24H26O4. The van der Waals surface area contributed by atoms with E-state index < -0.39 is 0 Å². The molecule has 0 bridgehead atoms. The molecule has 0 aliphatic carbocycles. The van der Waals surface area contributed by atoms with Crippen molar-refractivity contribution in [3.8, 4) is 17.1 Å². The molecule has 2 aromatic carbocycles. The van der Waals surface area contributed by atoms with Crippen LogP contribution in [0.25, 0.3) is 22.3 Å². The molecule has 0 N–H and O–H groups in total. The molecule has 0 aliphatic rings. The zero-order valence-corrected chi connectivity index (χ0v) is 16.7. The predicted octanol–water partition coefficient (Wildman–Crippen LogP) is 6.01. The molecule has 3 aromatic rings. The van der Waals surface area contributed by atoms with Crippen molar-refractivity contribution in [2.75, 3.05) is 13.2 Å². The Bertz CT molecular complexity index is 971. The monoisotopic (exact) mass is 378 g/mol. The average Bonchev–Trinajstić information content (AvgIpc) is 3.14. The van der Waals surface area contributed by atoms with E-state index in [0.29, 0.717) is 12.2 Å². The third-order valence-electron chi connectivity index (χ3n) is 4.89. The zero-order chi connectivity index (χ0) is 20.1. The van der Waals surface area contributed by atoms with Crippen molar-refractivity contribution in [2.45, 2.75) is 27.2 Å². The first kappa shape index (κ1) is 19.7. The maximum atomic E-state index is 11.7. The minimum Gasteiger partial charge on any atom is -0.493 e. The van der Waals surface area contributed by atoms with Crippen LogP contribution in [0.5, 0.6) is 5.75 Å². The fourth-order valence-electron chi connectivity index (χ4n) is 2.71. The molecule has 3 rings (SSSR count). The smallest absolute Gasteiger partial charge is 0.333 e. The van der Waals surface area contributed by atoms with Gasteiger partial charge in [-0.1, -0.05) is 50.8 Å². The molecule has 0 fully saturated rings. The first-order chi connectivity index (χ1) is 13.4. The van der Waals surface area contributed by atoms with Crippen LogP contribution in [0.1, 0.15) is 27.2 Å². The molecule has 0 amide bonds. The van der Waals surface area contributed by atoms with E-state index in [1.54, 1.807) is 6.92 Å². The van der Waals surface area contributed by atoms with E-state index in [1.807, 2.05) is 61.5 Å². The van der Waals surface area contributed by atoms with E-state index in [0.717, 1.165) is 34.5 Å². The largest absolute Gasteiger partial charge is 0.493 e. The van der Waals surface area contributed by atoms with E-state index in [4.69, 9.17) is 13.9 Å². The Labute approximate surface area is 165 Å². The number of rotatable bonds is 8. The molecule has 146 valence electrons. The fourth-order valence-corrected chi connectivity index (χ4v) is 2.71. The third-order valence-corrected chi connectivity index (χ3v) is 4.89.